The van der Waals surface area contributed by atoms with Crippen LogP contribution in [0, 0.1) is 5.92 Å². The van der Waals surface area contributed by atoms with E-state index in [4.69, 9.17) is 0 Å². The maximum absolute atomic E-state index is 11.7. The lowest BCUT2D eigenvalue weighted by molar-refractivity contribution is 0.212. The molecule has 3 rings (SSSR count). The quantitative estimate of drug-likeness (QED) is 0.871. The van der Waals surface area contributed by atoms with Gasteiger partial charge >= 0.3 is 0 Å². The molecule has 0 unspecified atom stereocenters. The molecule has 0 spiro atoms. The summed E-state index contributed by atoms with van der Waals surface area (Å²) in [6, 6.07) is 0. The Labute approximate surface area is 142 Å². The molecular formula is C15H24N6O2S. The lowest BCUT2D eigenvalue weighted by Gasteiger charge is -2.38. The van der Waals surface area contributed by atoms with Crippen LogP contribution in [0.25, 0.3) is 11.0 Å². The number of aromatic nitrogens is 4. The average molecular weight is 352 g/mol. The number of hydrogen-bond donors (Lipinski definition) is 1. The molecule has 0 atom stereocenters. The first-order valence-corrected chi connectivity index (χ1v) is 9.74. The zero-order valence-electron chi connectivity index (χ0n) is 14.5. The molecule has 24 heavy (non-hydrogen) atoms. The summed E-state index contributed by atoms with van der Waals surface area (Å²) < 4.78 is 26.9. The highest BCUT2D eigenvalue weighted by Crippen LogP contribution is 2.25. The Bertz CT molecular complexity index is 833. The molecule has 1 aliphatic rings. The van der Waals surface area contributed by atoms with Crippen molar-refractivity contribution in [3.8, 4) is 0 Å². The maximum atomic E-state index is 11.7. The first-order valence-electron chi connectivity index (χ1n) is 8.13. The van der Waals surface area contributed by atoms with E-state index in [-0.39, 0.29) is 11.3 Å². The summed E-state index contributed by atoms with van der Waals surface area (Å²) in [5.41, 5.74) is 0.639. The van der Waals surface area contributed by atoms with Gasteiger partial charge in [-0.05, 0) is 27.7 Å². The van der Waals surface area contributed by atoms with Crippen molar-refractivity contribution in [1.29, 1.82) is 0 Å². The second kappa shape index (κ2) is 5.96. The third-order valence-corrected chi connectivity index (χ3v) is 6.06. The smallest absolute Gasteiger partial charge is 0.213 e. The maximum Gasteiger partial charge on any atom is 0.213 e. The first-order chi connectivity index (χ1) is 11.2. The molecule has 0 radical (unpaired) electrons. The van der Waals surface area contributed by atoms with E-state index in [0.29, 0.717) is 25.6 Å². The Hall–Kier alpha value is -1.74. The molecule has 132 valence electrons. The summed E-state index contributed by atoms with van der Waals surface area (Å²) in [5, 5.41) is 8.63. The summed E-state index contributed by atoms with van der Waals surface area (Å²) in [4.78, 5) is 8.66. The molecule has 8 nitrogen and oxygen atoms in total. The van der Waals surface area contributed by atoms with Crippen molar-refractivity contribution in [1.82, 2.24) is 24.1 Å². The van der Waals surface area contributed by atoms with Crippen LogP contribution in [-0.4, -0.2) is 57.9 Å². The summed E-state index contributed by atoms with van der Waals surface area (Å²) in [6.45, 7) is 9.72. The van der Waals surface area contributed by atoms with Crippen molar-refractivity contribution in [3.63, 3.8) is 0 Å². The van der Waals surface area contributed by atoms with Crippen molar-refractivity contribution in [2.45, 2.75) is 33.2 Å². The van der Waals surface area contributed by atoms with E-state index in [1.807, 2.05) is 4.68 Å². The van der Waals surface area contributed by atoms with Crippen LogP contribution in [0.1, 0.15) is 27.7 Å². The number of sulfonamides is 1. The number of hydrogen-bond acceptors (Lipinski definition) is 6. The lowest BCUT2D eigenvalue weighted by atomic mass is 10.0. The predicted molar refractivity (Wildman–Crippen MR) is 93.3 cm³/mol. The third-order valence-electron chi connectivity index (χ3n) is 4.24. The van der Waals surface area contributed by atoms with Crippen LogP contribution in [-0.2, 0) is 15.6 Å². The standard InChI is InChI=1S/C15H24N6O2S/c1-5-24(22,23)20-8-11(9-20)6-16-13-12-7-19-21(15(2,3)4)14(12)18-10-17-13/h7,10-11H,5-6,8-9H2,1-4H3,(H,16,17,18). The van der Waals surface area contributed by atoms with E-state index in [1.165, 1.54) is 10.6 Å². The average Bonchev–Trinajstić information content (AvgIpc) is 2.90. The largest absolute Gasteiger partial charge is 0.369 e. The number of fused-ring (bicyclic) bond motifs is 1. The molecule has 0 bridgehead atoms. The van der Waals surface area contributed by atoms with Gasteiger partial charge < -0.3 is 5.32 Å². The van der Waals surface area contributed by atoms with Gasteiger partial charge in [0.1, 0.15) is 12.1 Å². The van der Waals surface area contributed by atoms with E-state index in [0.717, 1.165) is 16.9 Å². The molecule has 0 aromatic carbocycles. The van der Waals surface area contributed by atoms with Crippen LogP contribution in [0.5, 0.6) is 0 Å². The molecule has 1 fully saturated rings. The van der Waals surface area contributed by atoms with E-state index in [1.54, 1.807) is 13.1 Å². The highest BCUT2D eigenvalue weighted by Gasteiger charge is 2.34. The fourth-order valence-corrected chi connectivity index (χ4v) is 4.02. The summed E-state index contributed by atoms with van der Waals surface area (Å²) in [7, 11) is -3.06. The second-order valence-corrected chi connectivity index (χ2v) is 9.41. The highest BCUT2D eigenvalue weighted by molar-refractivity contribution is 7.89. The first kappa shape index (κ1) is 17.1. The van der Waals surface area contributed by atoms with E-state index in [2.05, 4.69) is 41.2 Å². The minimum Gasteiger partial charge on any atom is -0.369 e. The van der Waals surface area contributed by atoms with Gasteiger partial charge in [0.2, 0.25) is 10.0 Å². The van der Waals surface area contributed by atoms with Gasteiger partial charge in [0, 0.05) is 25.6 Å². The predicted octanol–water partition coefficient (Wildman–Crippen LogP) is 1.27. The summed E-state index contributed by atoms with van der Waals surface area (Å²) >= 11 is 0. The van der Waals surface area contributed by atoms with Gasteiger partial charge in [-0.15, -0.1) is 0 Å². The molecule has 0 aliphatic carbocycles. The van der Waals surface area contributed by atoms with Gasteiger partial charge in [-0.2, -0.15) is 5.10 Å². The van der Waals surface area contributed by atoms with Crippen molar-refractivity contribution >= 4 is 26.9 Å². The molecule has 1 saturated heterocycles. The van der Waals surface area contributed by atoms with Gasteiger partial charge in [-0.3, -0.25) is 0 Å². The van der Waals surface area contributed by atoms with Crippen molar-refractivity contribution in [3.05, 3.63) is 12.5 Å². The van der Waals surface area contributed by atoms with Crippen LogP contribution in [0.4, 0.5) is 5.82 Å². The third kappa shape index (κ3) is 3.10. The summed E-state index contributed by atoms with van der Waals surface area (Å²) in [6.07, 6.45) is 3.31. The van der Waals surface area contributed by atoms with Crippen molar-refractivity contribution in [2.75, 3.05) is 30.7 Å². The Morgan fingerprint density at radius 3 is 2.62 bits per heavy atom. The number of rotatable bonds is 5. The number of nitrogens with zero attached hydrogens (tertiary/aromatic N) is 5. The normalized spacial score (nSPS) is 17.2. The molecule has 0 saturated carbocycles. The Morgan fingerprint density at radius 2 is 2.00 bits per heavy atom. The Balaban J connectivity index is 1.68. The van der Waals surface area contributed by atoms with E-state index >= 15 is 0 Å². The highest BCUT2D eigenvalue weighted by atomic mass is 32.2. The van der Waals surface area contributed by atoms with E-state index < -0.39 is 10.0 Å². The lowest BCUT2D eigenvalue weighted by Crippen LogP contribution is -2.52. The number of anilines is 1. The molecule has 3 heterocycles. The molecule has 2 aromatic rings. The molecule has 0 amide bonds. The van der Waals surface area contributed by atoms with Gasteiger partial charge in [-0.1, -0.05) is 0 Å². The monoisotopic (exact) mass is 352 g/mol. The van der Waals surface area contributed by atoms with Gasteiger partial charge in [0.05, 0.1) is 22.9 Å². The Morgan fingerprint density at radius 1 is 1.29 bits per heavy atom. The van der Waals surface area contributed by atoms with Crippen LogP contribution in [0.15, 0.2) is 12.5 Å². The molecule has 9 heteroatoms. The van der Waals surface area contributed by atoms with Crippen molar-refractivity contribution < 1.29 is 8.42 Å². The molecule has 1 N–H and O–H groups in total. The topological polar surface area (TPSA) is 93.0 Å². The van der Waals surface area contributed by atoms with Gasteiger partial charge in [-0.25, -0.2) is 27.4 Å². The van der Waals surface area contributed by atoms with Gasteiger partial charge in [0.15, 0.2) is 5.65 Å². The summed E-state index contributed by atoms with van der Waals surface area (Å²) in [5.74, 6) is 1.20. The van der Waals surface area contributed by atoms with Crippen LogP contribution in [0.2, 0.25) is 0 Å². The van der Waals surface area contributed by atoms with Crippen molar-refractivity contribution in [2.24, 2.45) is 5.92 Å². The van der Waals surface area contributed by atoms with Crippen LogP contribution < -0.4 is 5.32 Å². The zero-order valence-corrected chi connectivity index (χ0v) is 15.3. The SMILES string of the molecule is CCS(=O)(=O)N1CC(CNc2ncnc3c2cnn3C(C)(C)C)C1. The van der Waals surface area contributed by atoms with E-state index in [9.17, 15) is 8.42 Å². The fraction of sp³-hybridized carbons (Fsp3) is 0.667. The van der Waals surface area contributed by atoms with Crippen LogP contribution in [0.3, 0.4) is 0 Å². The number of nitrogens with one attached hydrogen (secondary N) is 1. The fourth-order valence-electron chi connectivity index (χ4n) is 2.78. The zero-order chi connectivity index (χ0) is 17.5. The molecule has 2 aromatic heterocycles. The molecular weight excluding hydrogens is 328 g/mol. The minimum atomic E-state index is -3.06. The minimum absolute atomic E-state index is 0.156. The van der Waals surface area contributed by atoms with Crippen LogP contribution >= 0.6 is 0 Å². The second-order valence-electron chi connectivity index (χ2n) is 7.15. The Kier molecular flexibility index (Phi) is 4.25. The van der Waals surface area contributed by atoms with Gasteiger partial charge in [0.25, 0.3) is 0 Å². The molecule has 1 aliphatic heterocycles.